The summed E-state index contributed by atoms with van der Waals surface area (Å²) in [5, 5.41) is 1.78. The van der Waals surface area contributed by atoms with Crippen LogP contribution < -0.4 is 10.6 Å². The number of thiazole rings is 1. The Hall–Kier alpha value is -1.55. The van der Waals surface area contributed by atoms with E-state index in [4.69, 9.17) is 5.73 Å². The Morgan fingerprint density at radius 2 is 2.06 bits per heavy atom. The molecule has 0 saturated heterocycles. The fourth-order valence-corrected chi connectivity index (χ4v) is 2.45. The number of anilines is 2. The maximum absolute atomic E-state index is 5.74. The standard InChI is InChI=1S/C13H17N3S/c1-2-8-16(13-15-9-12(14)17-13)10-11-6-4-3-5-7-11/h3-7,9H,2,8,10,14H2,1H3. The molecular formula is C13H17N3S. The van der Waals surface area contributed by atoms with Crippen LogP contribution in [0.4, 0.5) is 10.1 Å². The second-order valence-corrected chi connectivity index (χ2v) is 4.99. The lowest BCUT2D eigenvalue weighted by atomic mass is 10.2. The van der Waals surface area contributed by atoms with Crippen LogP contribution in [0.5, 0.6) is 0 Å². The summed E-state index contributed by atoms with van der Waals surface area (Å²) in [6.07, 6.45) is 2.83. The molecule has 0 amide bonds. The SMILES string of the molecule is CCCN(Cc1ccccc1)c1ncc(N)s1. The van der Waals surface area contributed by atoms with E-state index in [2.05, 4.69) is 41.1 Å². The van der Waals surface area contributed by atoms with E-state index in [-0.39, 0.29) is 0 Å². The van der Waals surface area contributed by atoms with Crippen molar-refractivity contribution >= 4 is 21.5 Å². The molecule has 0 saturated carbocycles. The van der Waals surface area contributed by atoms with Crippen molar-refractivity contribution in [2.75, 3.05) is 17.2 Å². The highest BCUT2D eigenvalue weighted by molar-refractivity contribution is 7.19. The van der Waals surface area contributed by atoms with E-state index in [9.17, 15) is 0 Å². The highest BCUT2D eigenvalue weighted by Gasteiger charge is 2.09. The van der Waals surface area contributed by atoms with Gasteiger partial charge < -0.3 is 10.6 Å². The Morgan fingerprint density at radius 1 is 1.29 bits per heavy atom. The molecule has 0 fully saturated rings. The van der Waals surface area contributed by atoms with Crippen molar-refractivity contribution < 1.29 is 0 Å². The van der Waals surface area contributed by atoms with Gasteiger partial charge in [0.05, 0.1) is 6.20 Å². The van der Waals surface area contributed by atoms with E-state index in [1.54, 1.807) is 17.5 Å². The molecule has 0 aliphatic heterocycles. The molecule has 4 heteroatoms. The van der Waals surface area contributed by atoms with Gasteiger partial charge in [0.15, 0.2) is 5.13 Å². The van der Waals surface area contributed by atoms with Gasteiger partial charge in [-0.05, 0) is 12.0 Å². The molecule has 0 aliphatic rings. The van der Waals surface area contributed by atoms with Crippen molar-refractivity contribution in [1.82, 2.24) is 4.98 Å². The number of nitrogen functional groups attached to an aromatic ring is 1. The van der Waals surface area contributed by atoms with Crippen LogP contribution in [-0.2, 0) is 6.54 Å². The molecule has 0 bridgehead atoms. The number of benzene rings is 1. The first kappa shape index (κ1) is 11.9. The highest BCUT2D eigenvalue weighted by atomic mass is 32.1. The van der Waals surface area contributed by atoms with Gasteiger partial charge in [0.1, 0.15) is 5.00 Å². The predicted molar refractivity (Wildman–Crippen MR) is 74.3 cm³/mol. The zero-order chi connectivity index (χ0) is 12.1. The van der Waals surface area contributed by atoms with Gasteiger partial charge in [-0.3, -0.25) is 0 Å². The van der Waals surface area contributed by atoms with Gasteiger partial charge in [-0.15, -0.1) is 0 Å². The van der Waals surface area contributed by atoms with Gasteiger partial charge in [-0.1, -0.05) is 48.6 Å². The zero-order valence-electron chi connectivity index (χ0n) is 9.97. The second-order valence-electron chi connectivity index (χ2n) is 3.95. The molecular weight excluding hydrogens is 230 g/mol. The maximum Gasteiger partial charge on any atom is 0.187 e. The van der Waals surface area contributed by atoms with Crippen LogP contribution in [-0.4, -0.2) is 11.5 Å². The molecule has 2 aromatic rings. The summed E-state index contributed by atoms with van der Waals surface area (Å²) in [5.74, 6) is 0. The molecule has 1 aromatic carbocycles. The van der Waals surface area contributed by atoms with Crippen molar-refractivity contribution in [1.29, 1.82) is 0 Å². The molecule has 2 rings (SSSR count). The van der Waals surface area contributed by atoms with Crippen LogP contribution in [0.3, 0.4) is 0 Å². The number of hydrogen-bond donors (Lipinski definition) is 1. The van der Waals surface area contributed by atoms with Crippen LogP contribution in [0.1, 0.15) is 18.9 Å². The van der Waals surface area contributed by atoms with E-state index >= 15 is 0 Å². The maximum atomic E-state index is 5.74. The molecule has 3 nitrogen and oxygen atoms in total. The van der Waals surface area contributed by atoms with Gasteiger partial charge in [0, 0.05) is 13.1 Å². The van der Waals surface area contributed by atoms with Gasteiger partial charge >= 0.3 is 0 Å². The van der Waals surface area contributed by atoms with Gasteiger partial charge in [0.2, 0.25) is 0 Å². The van der Waals surface area contributed by atoms with Crippen molar-refractivity contribution in [2.24, 2.45) is 0 Å². The number of aromatic nitrogens is 1. The summed E-state index contributed by atoms with van der Waals surface area (Å²) in [5.41, 5.74) is 7.04. The van der Waals surface area contributed by atoms with E-state index < -0.39 is 0 Å². The Kier molecular flexibility index (Phi) is 3.98. The summed E-state index contributed by atoms with van der Waals surface area (Å²) in [6, 6.07) is 10.4. The first-order valence-electron chi connectivity index (χ1n) is 5.79. The minimum atomic E-state index is 0.772. The monoisotopic (exact) mass is 247 g/mol. The third-order valence-corrected chi connectivity index (χ3v) is 3.38. The second kappa shape index (κ2) is 5.68. The fourth-order valence-electron chi connectivity index (χ4n) is 1.74. The van der Waals surface area contributed by atoms with E-state index in [1.807, 2.05) is 6.07 Å². The zero-order valence-corrected chi connectivity index (χ0v) is 10.8. The fraction of sp³-hybridized carbons (Fsp3) is 0.308. The third-order valence-electron chi connectivity index (χ3n) is 2.49. The van der Waals surface area contributed by atoms with Crippen LogP contribution in [0.15, 0.2) is 36.5 Å². The summed E-state index contributed by atoms with van der Waals surface area (Å²) < 4.78 is 0. The highest BCUT2D eigenvalue weighted by Crippen LogP contribution is 2.25. The van der Waals surface area contributed by atoms with E-state index in [1.165, 1.54) is 5.56 Å². The molecule has 0 aliphatic carbocycles. The number of rotatable bonds is 5. The Bertz CT molecular complexity index is 453. The Balaban J connectivity index is 2.13. The number of nitrogens with zero attached hydrogens (tertiary/aromatic N) is 2. The largest absolute Gasteiger partial charge is 0.389 e. The normalized spacial score (nSPS) is 10.4. The molecule has 1 heterocycles. The van der Waals surface area contributed by atoms with Crippen LogP contribution in [0, 0.1) is 0 Å². The summed E-state index contributed by atoms with van der Waals surface area (Å²) in [6.45, 7) is 4.07. The lowest BCUT2D eigenvalue weighted by Crippen LogP contribution is -2.23. The van der Waals surface area contributed by atoms with E-state index in [0.717, 1.165) is 29.6 Å². The first-order chi connectivity index (χ1) is 8.29. The minimum absolute atomic E-state index is 0.772. The average Bonchev–Trinajstić information content (AvgIpc) is 2.77. The van der Waals surface area contributed by atoms with Crippen LogP contribution >= 0.6 is 11.3 Å². The smallest absolute Gasteiger partial charge is 0.187 e. The van der Waals surface area contributed by atoms with Crippen LogP contribution in [0.25, 0.3) is 0 Å². The van der Waals surface area contributed by atoms with Gasteiger partial charge in [-0.2, -0.15) is 0 Å². The molecule has 0 atom stereocenters. The molecule has 90 valence electrons. The number of hydrogen-bond acceptors (Lipinski definition) is 4. The Morgan fingerprint density at radius 3 is 2.65 bits per heavy atom. The van der Waals surface area contributed by atoms with Crippen molar-refractivity contribution in [3.63, 3.8) is 0 Å². The molecule has 0 spiro atoms. The lowest BCUT2D eigenvalue weighted by molar-refractivity contribution is 0.764. The molecule has 2 N–H and O–H groups in total. The van der Waals surface area contributed by atoms with Crippen molar-refractivity contribution in [2.45, 2.75) is 19.9 Å². The summed E-state index contributed by atoms with van der Waals surface area (Å²) in [7, 11) is 0. The predicted octanol–water partition coefficient (Wildman–Crippen LogP) is 3.14. The van der Waals surface area contributed by atoms with Crippen molar-refractivity contribution in [3.05, 3.63) is 42.1 Å². The topological polar surface area (TPSA) is 42.2 Å². The van der Waals surface area contributed by atoms with Gasteiger partial charge in [-0.25, -0.2) is 4.98 Å². The summed E-state index contributed by atoms with van der Waals surface area (Å²) >= 11 is 1.55. The first-order valence-corrected chi connectivity index (χ1v) is 6.61. The molecule has 1 aromatic heterocycles. The Labute approximate surface area is 106 Å². The molecule has 17 heavy (non-hydrogen) atoms. The van der Waals surface area contributed by atoms with Crippen molar-refractivity contribution in [3.8, 4) is 0 Å². The molecule has 0 unspecified atom stereocenters. The average molecular weight is 247 g/mol. The summed E-state index contributed by atoms with van der Waals surface area (Å²) in [4.78, 5) is 6.62. The van der Waals surface area contributed by atoms with Gasteiger partial charge in [0.25, 0.3) is 0 Å². The lowest BCUT2D eigenvalue weighted by Gasteiger charge is -2.21. The van der Waals surface area contributed by atoms with E-state index in [0.29, 0.717) is 0 Å². The quantitative estimate of drug-likeness (QED) is 0.882. The minimum Gasteiger partial charge on any atom is -0.389 e. The van der Waals surface area contributed by atoms with Crippen LogP contribution in [0.2, 0.25) is 0 Å². The third kappa shape index (κ3) is 3.20. The molecule has 0 radical (unpaired) electrons. The number of nitrogens with two attached hydrogens (primary N) is 1.